The smallest absolute Gasteiger partial charge is 0.327 e. The number of rotatable bonds is 18. The number of ether oxygens (including phenoxy) is 2. The van der Waals surface area contributed by atoms with Crippen molar-refractivity contribution in [3.05, 3.63) is 60.7 Å². The third-order valence-electron chi connectivity index (χ3n) is 11.3. The molecule has 5 aromatic heterocycles. The molecule has 2 fully saturated rings. The fourth-order valence-corrected chi connectivity index (χ4v) is 8.31. The summed E-state index contributed by atoms with van der Waals surface area (Å²) >= 11 is 0. The summed E-state index contributed by atoms with van der Waals surface area (Å²) in [5.41, 5.74) is 3.76. The fraction of sp³-hybridized carbons (Fsp3) is 0.524. The summed E-state index contributed by atoms with van der Waals surface area (Å²) in [6, 6.07) is 4.12. The quantitative estimate of drug-likeness (QED) is 0.0549. The van der Waals surface area contributed by atoms with Crippen molar-refractivity contribution < 1.29 is 19.1 Å². The number of carbonyl (C=O) groups excluding carboxylic acids is 2. The molecule has 58 heavy (non-hydrogen) atoms. The number of nitrogens with one attached hydrogen (secondary N) is 4. The second-order valence-corrected chi connectivity index (χ2v) is 16.0. The van der Waals surface area contributed by atoms with Crippen LogP contribution in [0.4, 0.5) is 17.6 Å². The Morgan fingerprint density at radius 2 is 1.72 bits per heavy atom. The van der Waals surface area contributed by atoms with Crippen LogP contribution >= 0.6 is 0 Å². The summed E-state index contributed by atoms with van der Waals surface area (Å²) in [6.45, 7) is 8.64. The van der Waals surface area contributed by atoms with Gasteiger partial charge in [0.05, 0.1) is 30.8 Å². The summed E-state index contributed by atoms with van der Waals surface area (Å²) in [4.78, 5) is 43.4. The first-order valence-corrected chi connectivity index (χ1v) is 20.7. The van der Waals surface area contributed by atoms with Crippen LogP contribution in [0.2, 0.25) is 0 Å². The Bertz CT molecular complexity index is 2220. The van der Waals surface area contributed by atoms with Gasteiger partial charge in [0.25, 0.3) is 0 Å². The zero-order valence-corrected chi connectivity index (χ0v) is 33.8. The van der Waals surface area contributed by atoms with Gasteiger partial charge in [-0.25, -0.2) is 9.97 Å². The Hall–Kier alpha value is -5.80. The Morgan fingerprint density at radius 3 is 2.53 bits per heavy atom. The number of carbonyl (C=O) groups is 2. The summed E-state index contributed by atoms with van der Waals surface area (Å²) in [5, 5.41) is 23.3. The Morgan fingerprint density at radius 1 is 0.914 bits per heavy atom. The van der Waals surface area contributed by atoms with E-state index in [0.29, 0.717) is 48.1 Å². The molecule has 0 amide bonds. The van der Waals surface area contributed by atoms with Gasteiger partial charge in [0.1, 0.15) is 24.4 Å². The molecule has 0 radical (unpaired) electrons. The highest BCUT2D eigenvalue weighted by Gasteiger charge is 2.23. The maximum atomic E-state index is 12.8. The van der Waals surface area contributed by atoms with Gasteiger partial charge in [-0.15, -0.1) is 0 Å². The van der Waals surface area contributed by atoms with E-state index < -0.39 is 5.97 Å². The van der Waals surface area contributed by atoms with Crippen molar-refractivity contribution in [3.63, 3.8) is 0 Å². The van der Waals surface area contributed by atoms with Crippen LogP contribution < -0.4 is 16.0 Å². The molecule has 2 unspecified atom stereocenters. The lowest BCUT2D eigenvalue weighted by atomic mass is 9.82. The Labute approximate surface area is 338 Å². The van der Waals surface area contributed by atoms with E-state index in [1.165, 1.54) is 43.2 Å². The van der Waals surface area contributed by atoms with Crippen LogP contribution in [0, 0.1) is 29.1 Å². The summed E-state index contributed by atoms with van der Waals surface area (Å²) in [7, 11) is 0. The predicted molar refractivity (Wildman–Crippen MR) is 223 cm³/mol. The van der Waals surface area contributed by atoms with Crippen molar-refractivity contribution in [2.24, 2.45) is 23.7 Å². The average molecular weight is 793 g/mol. The number of hydrogen-bond acceptors (Lipinski definition) is 13. The van der Waals surface area contributed by atoms with Gasteiger partial charge in [-0.1, -0.05) is 39.5 Å². The molecule has 7 rings (SSSR count). The summed E-state index contributed by atoms with van der Waals surface area (Å²) in [6.07, 6.45) is 22.0. The highest BCUT2D eigenvalue weighted by Crippen LogP contribution is 2.32. The number of hydrogen-bond donors (Lipinski definition) is 4. The van der Waals surface area contributed by atoms with E-state index in [1.54, 1.807) is 37.9 Å². The van der Waals surface area contributed by atoms with Crippen LogP contribution in [0.25, 0.3) is 22.1 Å². The van der Waals surface area contributed by atoms with Crippen LogP contribution in [-0.4, -0.2) is 76.8 Å². The Kier molecular flexibility index (Phi) is 13.3. The molecule has 2 aliphatic carbocycles. The lowest BCUT2D eigenvalue weighted by Gasteiger charge is -2.27. The van der Waals surface area contributed by atoms with Crippen LogP contribution in [0.3, 0.4) is 0 Å². The van der Waals surface area contributed by atoms with Crippen molar-refractivity contribution in [2.75, 3.05) is 30.4 Å². The van der Waals surface area contributed by atoms with E-state index in [0.717, 1.165) is 71.7 Å². The molecule has 5 heterocycles. The number of esters is 2. The SMILES string of the molecule is CCOC(=O)Cn1cc(Nc2ncc3cc(CCOC(=O)CN/C=C(\C=N)Nc4ncc5ccn(CC6CCCC(C)C6)c5n4)n(CC4CCC(C)CC4)c3n2)cn1. The van der Waals surface area contributed by atoms with Gasteiger partial charge in [0.2, 0.25) is 11.9 Å². The van der Waals surface area contributed by atoms with Crippen molar-refractivity contribution in [3.8, 4) is 0 Å². The third kappa shape index (κ3) is 10.6. The van der Waals surface area contributed by atoms with Crippen molar-refractivity contribution in [2.45, 2.75) is 98.2 Å². The van der Waals surface area contributed by atoms with Gasteiger partial charge >= 0.3 is 11.9 Å². The van der Waals surface area contributed by atoms with E-state index in [4.69, 9.17) is 24.9 Å². The van der Waals surface area contributed by atoms with Crippen LogP contribution in [0.15, 0.2) is 55.0 Å². The molecule has 0 aliphatic heterocycles. The maximum absolute atomic E-state index is 12.8. The minimum atomic E-state index is -0.410. The minimum Gasteiger partial charge on any atom is -0.465 e. The standard InChI is InChI=1S/C42H56N12O4/c1-4-57-38(56)27-53-26-35(22-47-53)49-42-46-20-33-17-36(54(40(33)51-42)25-30-10-8-28(2)9-11-30)13-15-58-37(55)23-44-21-34(18-43)48-41-45-19-32-12-14-52(39(32)50-41)24-31-7-5-6-29(3)16-31/h12,14,17-22,26,28-31,43-44H,4-11,13,15-16,23-25,27H2,1-3H3,(H,45,48,50)(H,46,49,51)/b34-21+,43-18?. The molecule has 0 spiro atoms. The number of nitrogens with zero attached hydrogens (tertiary/aromatic N) is 8. The molecule has 16 nitrogen and oxygen atoms in total. The lowest BCUT2D eigenvalue weighted by Crippen LogP contribution is -2.23. The third-order valence-corrected chi connectivity index (χ3v) is 11.3. The molecule has 0 aromatic carbocycles. The first kappa shape index (κ1) is 40.4. The van der Waals surface area contributed by atoms with Gasteiger partial charge in [-0.05, 0) is 68.4 Å². The van der Waals surface area contributed by atoms with Crippen LogP contribution in [-0.2, 0) is 45.1 Å². The van der Waals surface area contributed by atoms with Crippen molar-refractivity contribution in [1.29, 1.82) is 5.41 Å². The fourth-order valence-electron chi connectivity index (χ4n) is 8.31. The van der Waals surface area contributed by atoms with Crippen molar-refractivity contribution in [1.82, 2.24) is 44.2 Å². The molecule has 0 saturated heterocycles. The highest BCUT2D eigenvalue weighted by atomic mass is 16.5. The van der Waals surface area contributed by atoms with E-state index in [-0.39, 0.29) is 25.7 Å². The second kappa shape index (κ2) is 19.1. The van der Waals surface area contributed by atoms with E-state index in [2.05, 4.69) is 66.3 Å². The Balaban J connectivity index is 0.948. The first-order chi connectivity index (χ1) is 28.2. The lowest BCUT2D eigenvalue weighted by molar-refractivity contribution is -0.144. The van der Waals surface area contributed by atoms with E-state index in [9.17, 15) is 9.59 Å². The number of anilines is 3. The van der Waals surface area contributed by atoms with Gasteiger partial charge in [-0.2, -0.15) is 15.1 Å². The molecule has 2 atom stereocenters. The molecular weight excluding hydrogens is 737 g/mol. The van der Waals surface area contributed by atoms with Crippen LogP contribution in [0.5, 0.6) is 0 Å². The van der Waals surface area contributed by atoms with Gasteiger partial charge in [-0.3, -0.25) is 14.3 Å². The minimum absolute atomic E-state index is 0.0170. The molecule has 5 aromatic rings. The zero-order chi connectivity index (χ0) is 40.4. The molecule has 4 N–H and O–H groups in total. The summed E-state index contributed by atoms with van der Waals surface area (Å²) in [5.74, 6) is 2.70. The molecular formula is C42H56N12O4. The zero-order valence-electron chi connectivity index (χ0n) is 33.8. The summed E-state index contributed by atoms with van der Waals surface area (Å²) < 4.78 is 16.7. The predicted octanol–water partition coefficient (Wildman–Crippen LogP) is 6.61. The van der Waals surface area contributed by atoms with Gasteiger partial charge < -0.3 is 40.0 Å². The topological polar surface area (TPSA) is 192 Å². The van der Waals surface area contributed by atoms with Crippen molar-refractivity contribution >= 4 is 57.8 Å². The molecule has 2 saturated carbocycles. The van der Waals surface area contributed by atoms with E-state index in [1.807, 2.05) is 6.07 Å². The second-order valence-electron chi connectivity index (χ2n) is 16.0. The first-order valence-electron chi connectivity index (χ1n) is 20.7. The average Bonchev–Trinajstić information content (AvgIpc) is 3.92. The van der Waals surface area contributed by atoms with Gasteiger partial charge in [0, 0.05) is 73.2 Å². The number of fused-ring (bicyclic) bond motifs is 2. The highest BCUT2D eigenvalue weighted by molar-refractivity contribution is 5.82. The normalized spacial score (nSPS) is 19.9. The molecule has 308 valence electrons. The molecule has 16 heteroatoms. The van der Waals surface area contributed by atoms with Crippen LogP contribution in [0.1, 0.15) is 77.8 Å². The maximum Gasteiger partial charge on any atom is 0.327 e. The number of allylic oxidation sites excluding steroid dienone is 1. The van der Waals surface area contributed by atoms with Gasteiger partial charge in [0.15, 0.2) is 0 Å². The monoisotopic (exact) mass is 792 g/mol. The largest absolute Gasteiger partial charge is 0.465 e. The molecule has 2 aliphatic rings. The number of aromatic nitrogens is 8. The molecule has 0 bridgehead atoms. The van der Waals surface area contributed by atoms with E-state index >= 15 is 0 Å².